The van der Waals surface area contributed by atoms with Crippen LogP contribution in [0.3, 0.4) is 0 Å². The van der Waals surface area contributed by atoms with Crippen LogP contribution in [0.4, 0.5) is 14.7 Å². The largest absolute Gasteiger partial charge is 0.369 e. The van der Waals surface area contributed by atoms with Crippen LogP contribution in [0.25, 0.3) is 16.7 Å². The molecule has 18 heavy (non-hydrogen) atoms. The Morgan fingerprint density at radius 1 is 1.11 bits per heavy atom. The van der Waals surface area contributed by atoms with Crippen molar-refractivity contribution in [3.05, 3.63) is 48.3 Å². The SMILES string of the molecule is Nc1nc2cnccc2n1-c1c(F)cccc1F. The molecule has 2 heterocycles. The molecule has 0 fully saturated rings. The number of imidazole rings is 1. The lowest BCUT2D eigenvalue weighted by Gasteiger charge is -2.08. The maximum absolute atomic E-state index is 13.8. The Morgan fingerprint density at radius 2 is 1.83 bits per heavy atom. The highest BCUT2D eigenvalue weighted by atomic mass is 19.1. The summed E-state index contributed by atoms with van der Waals surface area (Å²) < 4.78 is 28.8. The van der Waals surface area contributed by atoms with Crippen LogP contribution >= 0.6 is 0 Å². The number of halogens is 2. The molecule has 0 bridgehead atoms. The van der Waals surface area contributed by atoms with Crippen molar-refractivity contribution in [1.29, 1.82) is 0 Å². The van der Waals surface area contributed by atoms with Gasteiger partial charge in [0.25, 0.3) is 0 Å². The average molecular weight is 246 g/mol. The third-order valence-electron chi connectivity index (χ3n) is 2.64. The molecule has 0 aliphatic heterocycles. The zero-order valence-corrected chi connectivity index (χ0v) is 9.14. The van der Waals surface area contributed by atoms with Crippen molar-refractivity contribution in [2.75, 3.05) is 5.73 Å². The Balaban J connectivity index is 2.42. The summed E-state index contributed by atoms with van der Waals surface area (Å²) in [5.74, 6) is -1.38. The zero-order chi connectivity index (χ0) is 12.7. The minimum Gasteiger partial charge on any atom is -0.369 e. The summed E-state index contributed by atoms with van der Waals surface area (Å²) in [6, 6.07) is 5.24. The van der Waals surface area contributed by atoms with Gasteiger partial charge in [0.15, 0.2) is 0 Å². The molecule has 0 aliphatic carbocycles. The Morgan fingerprint density at radius 3 is 2.56 bits per heavy atom. The van der Waals surface area contributed by atoms with E-state index in [0.717, 1.165) is 0 Å². The molecule has 0 saturated heterocycles. The van der Waals surface area contributed by atoms with E-state index in [0.29, 0.717) is 11.0 Å². The summed E-state index contributed by atoms with van der Waals surface area (Å²) in [5, 5.41) is 0. The lowest BCUT2D eigenvalue weighted by atomic mass is 10.2. The summed E-state index contributed by atoms with van der Waals surface area (Å²) >= 11 is 0. The van der Waals surface area contributed by atoms with E-state index in [-0.39, 0.29) is 11.6 Å². The molecule has 0 saturated carbocycles. The minimum atomic E-state index is -0.696. The standard InChI is InChI=1S/C12H8F2N4/c13-7-2-1-3-8(14)11(7)18-10-4-5-16-6-9(10)17-12(18)15/h1-6H,(H2,15,17). The van der Waals surface area contributed by atoms with E-state index in [1.807, 2.05) is 0 Å². The Kier molecular flexibility index (Phi) is 2.22. The lowest BCUT2D eigenvalue weighted by molar-refractivity contribution is 0.572. The van der Waals surface area contributed by atoms with Crippen LogP contribution in [-0.4, -0.2) is 14.5 Å². The van der Waals surface area contributed by atoms with Crippen molar-refractivity contribution < 1.29 is 8.78 Å². The summed E-state index contributed by atoms with van der Waals surface area (Å²) in [7, 11) is 0. The lowest BCUT2D eigenvalue weighted by Crippen LogP contribution is -2.05. The van der Waals surface area contributed by atoms with Crippen LogP contribution in [0.2, 0.25) is 0 Å². The number of pyridine rings is 1. The van der Waals surface area contributed by atoms with Crippen molar-refractivity contribution in [1.82, 2.24) is 14.5 Å². The Bertz CT molecular complexity index is 716. The molecule has 6 heteroatoms. The number of anilines is 1. The van der Waals surface area contributed by atoms with Gasteiger partial charge in [0.05, 0.1) is 11.7 Å². The zero-order valence-electron chi connectivity index (χ0n) is 9.14. The molecule has 1 aromatic carbocycles. The van der Waals surface area contributed by atoms with Gasteiger partial charge in [-0.15, -0.1) is 0 Å². The molecule has 0 unspecified atom stereocenters. The number of aromatic nitrogens is 3. The quantitative estimate of drug-likeness (QED) is 0.716. The molecule has 3 rings (SSSR count). The summed E-state index contributed by atoms with van der Waals surface area (Å²) in [5.41, 5.74) is 6.47. The molecular formula is C12H8F2N4. The first kappa shape index (κ1) is 10.6. The highest BCUT2D eigenvalue weighted by Gasteiger charge is 2.16. The summed E-state index contributed by atoms with van der Waals surface area (Å²) in [6.07, 6.45) is 3.00. The van der Waals surface area contributed by atoms with Crippen molar-refractivity contribution in [2.24, 2.45) is 0 Å². The summed E-state index contributed by atoms with van der Waals surface area (Å²) in [4.78, 5) is 7.90. The van der Waals surface area contributed by atoms with Gasteiger partial charge in [0.2, 0.25) is 5.95 Å². The topological polar surface area (TPSA) is 56.7 Å². The molecule has 0 radical (unpaired) electrons. The first-order chi connectivity index (χ1) is 8.68. The molecule has 4 nitrogen and oxygen atoms in total. The fourth-order valence-electron chi connectivity index (χ4n) is 1.89. The fraction of sp³-hybridized carbons (Fsp3) is 0. The highest BCUT2D eigenvalue weighted by molar-refractivity contribution is 5.79. The Labute approximate surface area is 101 Å². The predicted octanol–water partition coefficient (Wildman–Crippen LogP) is 2.28. The van der Waals surface area contributed by atoms with Gasteiger partial charge >= 0.3 is 0 Å². The van der Waals surface area contributed by atoms with Crippen LogP contribution in [0.5, 0.6) is 0 Å². The molecule has 3 aromatic rings. The van der Waals surface area contributed by atoms with Crippen LogP contribution in [0.15, 0.2) is 36.7 Å². The first-order valence-corrected chi connectivity index (χ1v) is 5.21. The molecule has 90 valence electrons. The number of benzene rings is 1. The summed E-state index contributed by atoms with van der Waals surface area (Å²) in [6.45, 7) is 0. The van der Waals surface area contributed by atoms with Gasteiger partial charge in [-0.3, -0.25) is 9.55 Å². The number of nitrogens with two attached hydrogens (primary N) is 1. The van der Waals surface area contributed by atoms with E-state index in [2.05, 4.69) is 9.97 Å². The fourth-order valence-corrected chi connectivity index (χ4v) is 1.89. The van der Waals surface area contributed by atoms with E-state index in [1.54, 1.807) is 6.07 Å². The van der Waals surface area contributed by atoms with Gasteiger partial charge in [0.1, 0.15) is 22.8 Å². The second-order valence-electron chi connectivity index (χ2n) is 3.74. The number of nitrogen functional groups attached to an aromatic ring is 1. The number of para-hydroxylation sites is 1. The molecule has 0 amide bonds. The smallest absolute Gasteiger partial charge is 0.206 e. The van der Waals surface area contributed by atoms with E-state index in [4.69, 9.17) is 5.73 Å². The van der Waals surface area contributed by atoms with Crippen molar-refractivity contribution >= 4 is 17.0 Å². The normalized spacial score (nSPS) is 11.0. The third-order valence-corrected chi connectivity index (χ3v) is 2.64. The van der Waals surface area contributed by atoms with E-state index >= 15 is 0 Å². The number of nitrogens with zero attached hydrogens (tertiary/aromatic N) is 3. The van der Waals surface area contributed by atoms with Gasteiger partial charge in [-0.2, -0.15) is 0 Å². The molecule has 2 aromatic heterocycles. The molecule has 2 N–H and O–H groups in total. The van der Waals surface area contributed by atoms with E-state index in [1.165, 1.54) is 35.2 Å². The average Bonchev–Trinajstić information content (AvgIpc) is 2.66. The second-order valence-corrected chi connectivity index (χ2v) is 3.74. The van der Waals surface area contributed by atoms with Gasteiger partial charge in [-0.25, -0.2) is 13.8 Å². The number of hydrogen-bond donors (Lipinski definition) is 1. The second kappa shape index (κ2) is 3.76. The number of rotatable bonds is 1. The molecular weight excluding hydrogens is 238 g/mol. The van der Waals surface area contributed by atoms with Crippen molar-refractivity contribution in [3.8, 4) is 5.69 Å². The molecule has 0 spiro atoms. The van der Waals surface area contributed by atoms with Gasteiger partial charge in [-0.05, 0) is 18.2 Å². The van der Waals surface area contributed by atoms with E-state index < -0.39 is 11.6 Å². The first-order valence-electron chi connectivity index (χ1n) is 5.21. The maximum Gasteiger partial charge on any atom is 0.206 e. The predicted molar refractivity (Wildman–Crippen MR) is 63.2 cm³/mol. The van der Waals surface area contributed by atoms with Crippen LogP contribution in [0, 0.1) is 11.6 Å². The van der Waals surface area contributed by atoms with Gasteiger partial charge < -0.3 is 5.73 Å². The van der Waals surface area contributed by atoms with Crippen LogP contribution < -0.4 is 5.73 Å². The van der Waals surface area contributed by atoms with Crippen LogP contribution in [0.1, 0.15) is 0 Å². The Hall–Kier alpha value is -2.50. The minimum absolute atomic E-state index is 0.0157. The van der Waals surface area contributed by atoms with Crippen LogP contribution in [-0.2, 0) is 0 Å². The number of fused-ring (bicyclic) bond motifs is 1. The monoisotopic (exact) mass is 246 g/mol. The highest BCUT2D eigenvalue weighted by Crippen LogP contribution is 2.25. The maximum atomic E-state index is 13.8. The number of hydrogen-bond acceptors (Lipinski definition) is 3. The van der Waals surface area contributed by atoms with Gasteiger partial charge in [-0.1, -0.05) is 6.07 Å². The van der Waals surface area contributed by atoms with E-state index in [9.17, 15) is 8.78 Å². The van der Waals surface area contributed by atoms with Crippen molar-refractivity contribution in [2.45, 2.75) is 0 Å². The van der Waals surface area contributed by atoms with Crippen molar-refractivity contribution in [3.63, 3.8) is 0 Å². The third kappa shape index (κ3) is 1.42. The molecule has 0 atom stereocenters. The molecule has 0 aliphatic rings. The van der Waals surface area contributed by atoms with Gasteiger partial charge in [0, 0.05) is 6.20 Å².